The van der Waals surface area contributed by atoms with Crippen molar-refractivity contribution in [3.63, 3.8) is 0 Å². The van der Waals surface area contributed by atoms with Crippen molar-refractivity contribution in [2.45, 2.75) is 79.6 Å². The first-order valence-electron chi connectivity index (χ1n) is 8.97. The third kappa shape index (κ3) is 14.0. The van der Waals surface area contributed by atoms with Gasteiger partial charge in [0.1, 0.15) is 12.2 Å². The van der Waals surface area contributed by atoms with E-state index < -0.39 is 5.97 Å². The van der Waals surface area contributed by atoms with Gasteiger partial charge in [-0.2, -0.15) is 0 Å². The summed E-state index contributed by atoms with van der Waals surface area (Å²) in [6, 6.07) is 0. The van der Waals surface area contributed by atoms with Crippen LogP contribution in [-0.4, -0.2) is 18.4 Å². The molecule has 136 valence electrons. The zero-order valence-electron chi connectivity index (χ0n) is 16.1. The lowest BCUT2D eigenvalue weighted by Gasteiger charge is -2.02. The van der Waals surface area contributed by atoms with E-state index in [9.17, 15) is 9.59 Å². The average molecular weight is 335 g/mol. The summed E-state index contributed by atoms with van der Waals surface area (Å²) in [6.07, 6.45) is 12.0. The predicted molar refractivity (Wildman–Crippen MR) is 101 cm³/mol. The third-order valence-electron chi connectivity index (χ3n) is 3.69. The van der Waals surface area contributed by atoms with Gasteiger partial charge in [-0.3, -0.25) is 9.59 Å². The van der Waals surface area contributed by atoms with Crippen LogP contribution in [0.1, 0.15) is 79.6 Å². The maximum atomic E-state index is 11.6. The molecule has 0 spiro atoms. The quantitative estimate of drug-likeness (QED) is 0.261. The van der Waals surface area contributed by atoms with E-state index in [1.165, 1.54) is 16.7 Å². The molecular weight excluding hydrogens is 300 g/mol. The number of esters is 1. The number of carbonyl (C=O) groups is 2. The molecule has 0 aromatic carbocycles. The van der Waals surface area contributed by atoms with Crippen LogP contribution in [-0.2, 0) is 14.3 Å². The molecule has 0 heterocycles. The molecule has 0 saturated heterocycles. The van der Waals surface area contributed by atoms with Gasteiger partial charge in [0.15, 0.2) is 0 Å². The van der Waals surface area contributed by atoms with E-state index in [1.54, 1.807) is 6.92 Å². The van der Waals surface area contributed by atoms with Crippen molar-refractivity contribution in [3.05, 3.63) is 34.9 Å². The van der Waals surface area contributed by atoms with E-state index in [0.29, 0.717) is 19.4 Å². The fourth-order valence-corrected chi connectivity index (χ4v) is 2.28. The molecule has 0 unspecified atom stereocenters. The number of Topliss-reactive ketones (excluding diaryl/α,β-unsaturated/α-hetero) is 1. The molecule has 3 nitrogen and oxygen atoms in total. The Morgan fingerprint density at radius 3 is 1.79 bits per heavy atom. The van der Waals surface area contributed by atoms with Gasteiger partial charge in [-0.1, -0.05) is 34.9 Å². The lowest BCUT2D eigenvalue weighted by atomic mass is 10.0. The topological polar surface area (TPSA) is 43.4 Å². The van der Waals surface area contributed by atoms with Crippen LogP contribution in [0.15, 0.2) is 34.9 Å². The van der Waals surface area contributed by atoms with Crippen LogP contribution in [0.4, 0.5) is 0 Å². The summed E-state index contributed by atoms with van der Waals surface area (Å²) in [4.78, 5) is 22.8. The Morgan fingerprint density at radius 2 is 1.29 bits per heavy atom. The molecule has 0 amide bonds. The highest BCUT2D eigenvalue weighted by atomic mass is 16.5. The van der Waals surface area contributed by atoms with Crippen molar-refractivity contribution in [2.24, 2.45) is 0 Å². The summed E-state index contributed by atoms with van der Waals surface area (Å²) in [7, 11) is 0. The second-order valence-electron chi connectivity index (χ2n) is 6.52. The van der Waals surface area contributed by atoms with E-state index in [1.807, 2.05) is 0 Å². The van der Waals surface area contributed by atoms with Gasteiger partial charge in [0.2, 0.25) is 0 Å². The summed E-state index contributed by atoms with van der Waals surface area (Å²) >= 11 is 0. The van der Waals surface area contributed by atoms with Crippen molar-refractivity contribution < 1.29 is 14.3 Å². The van der Waals surface area contributed by atoms with Crippen LogP contribution < -0.4 is 0 Å². The number of allylic oxidation sites excluding steroid dienone is 6. The van der Waals surface area contributed by atoms with Gasteiger partial charge in [0.25, 0.3) is 0 Å². The highest BCUT2D eigenvalue weighted by molar-refractivity contribution is 5.95. The molecule has 0 N–H and O–H groups in total. The maximum absolute atomic E-state index is 11.6. The zero-order valence-corrected chi connectivity index (χ0v) is 16.1. The molecule has 0 rings (SSSR count). The lowest BCUT2D eigenvalue weighted by Crippen LogP contribution is -2.10. The van der Waals surface area contributed by atoms with Gasteiger partial charge < -0.3 is 4.74 Å². The Balaban J connectivity index is 3.96. The highest BCUT2D eigenvalue weighted by Crippen LogP contribution is 2.12. The summed E-state index contributed by atoms with van der Waals surface area (Å²) in [5.74, 6) is -0.468. The molecule has 24 heavy (non-hydrogen) atoms. The standard InChI is InChI=1S/C21H34O3/c1-6-24-21(23)16-20(22)15-9-14-19(5)13-8-12-18(4)11-7-10-17(2)3/h10,12,14H,6-9,11,13,15-16H2,1-5H3/b18-12+,19-14-. The van der Waals surface area contributed by atoms with Crippen LogP contribution in [0.5, 0.6) is 0 Å². The number of hydrogen-bond donors (Lipinski definition) is 0. The SMILES string of the molecule is CCOC(=O)CC(=O)CC/C=C(/C)CC/C=C(\C)CCC=C(C)C. The van der Waals surface area contributed by atoms with Crippen LogP contribution >= 0.6 is 0 Å². The lowest BCUT2D eigenvalue weighted by molar-refractivity contribution is -0.145. The minimum absolute atomic E-state index is 0.0486. The number of carbonyl (C=O) groups excluding carboxylic acids is 2. The summed E-state index contributed by atoms with van der Waals surface area (Å²) in [5.41, 5.74) is 4.11. The van der Waals surface area contributed by atoms with Crippen molar-refractivity contribution in [3.8, 4) is 0 Å². The Hall–Kier alpha value is -1.64. The summed E-state index contributed by atoms with van der Waals surface area (Å²) in [6.45, 7) is 10.6. The predicted octanol–water partition coefficient (Wildman–Crippen LogP) is 5.71. The average Bonchev–Trinajstić information content (AvgIpc) is 2.46. The van der Waals surface area contributed by atoms with Gasteiger partial charge >= 0.3 is 5.97 Å². The zero-order chi connectivity index (χ0) is 18.4. The first-order valence-corrected chi connectivity index (χ1v) is 8.97. The maximum Gasteiger partial charge on any atom is 0.313 e. The van der Waals surface area contributed by atoms with Gasteiger partial charge in [-0.25, -0.2) is 0 Å². The van der Waals surface area contributed by atoms with Crippen molar-refractivity contribution in [2.75, 3.05) is 6.61 Å². The smallest absolute Gasteiger partial charge is 0.313 e. The second-order valence-corrected chi connectivity index (χ2v) is 6.52. The molecular formula is C21H34O3. The molecule has 0 radical (unpaired) electrons. The molecule has 0 fully saturated rings. The van der Waals surface area contributed by atoms with Crippen molar-refractivity contribution in [1.29, 1.82) is 0 Å². The van der Waals surface area contributed by atoms with Crippen LogP contribution in [0.3, 0.4) is 0 Å². The molecule has 0 aliphatic carbocycles. The van der Waals surface area contributed by atoms with E-state index in [0.717, 1.165) is 25.7 Å². The van der Waals surface area contributed by atoms with E-state index in [4.69, 9.17) is 4.74 Å². The Labute approximate surface area is 147 Å². The minimum Gasteiger partial charge on any atom is -0.466 e. The molecule has 0 aromatic rings. The molecule has 0 aliphatic rings. The van der Waals surface area contributed by atoms with E-state index >= 15 is 0 Å². The monoisotopic (exact) mass is 334 g/mol. The van der Waals surface area contributed by atoms with Gasteiger partial charge in [-0.05, 0) is 66.7 Å². The highest BCUT2D eigenvalue weighted by Gasteiger charge is 2.09. The van der Waals surface area contributed by atoms with E-state index in [-0.39, 0.29) is 12.2 Å². The van der Waals surface area contributed by atoms with Gasteiger partial charge in [0.05, 0.1) is 6.61 Å². The molecule has 0 aliphatic heterocycles. The second kappa shape index (κ2) is 13.8. The fraction of sp³-hybridized carbons (Fsp3) is 0.619. The molecule has 0 bridgehead atoms. The number of hydrogen-bond acceptors (Lipinski definition) is 3. The minimum atomic E-state index is -0.420. The largest absolute Gasteiger partial charge is 0.466 e. The van der Waals surface area contributed by atoms with Gasteiger partial charge in [-0.15, -0.1) is 0 Å². The summed E-state index contributed by atoms with van der Waals surface area (Å²) in [5, 5.41) is 0. The van der Waals surface area contributed by atoms with E-state index in [2.05, 4.69) is 45.9 Å². The van der Waals surface area contributed by atoms with Crippen molar-refractivity contribution >= 4 is 11.8 Å². The van der Waals surface area contributed by atoms with Crippen molar-refractivity contribution in [1.82, 2.24) is 0 Å². The molecule has 0 atom stereocenters. The number of rotatable bonds is 12. The van der Waals surface area contributed by atoms with Crippen LogP contribution in [0.25, 0.3) is 0 Å². The molecule has 3 heteroatoms. The summed E-state index contributed by atoms with van der Waals surface area (Å²) < 4.78 is 4.77. The number of ketones is 1. The molecule has 0 aromatic heterocycles. The Bertz CT molecular complexity index is 477. The normalized spacial score (nSPS) is 12.0. The van der Waals surface area contributed by atoms with Gasteiger partial charge in [0, 0.05) is 6.42 Å². The van der Waals surface area contributed by atoms with Crippen LogP contribution in [0, 0.1) is 0 Å². The molecule has 0 saturated carbocycles. The Morgan fingerprint density at radius 1 is 0.792 bits per heavy atom. The van der Waals surface area contributed by atoms with Crippen LogP contribution in [0.2, 0.25) is 0 Å². The Kier molecular flexibility index (Phi) is 12.8. The fourth-order valence-electron chi connectivity index (χ4n) is 2.28. The number of ether oxygens (including phenoxy) is 1. The first-order chi connectivity index (χ1) is 11.3. The third-order valence-corrected chi connectivity index (χ3v) is 3.69. The first kappa shape index (κ1) is 22.4.